The van der Waals surface area contributed by atoms with Crippen LogP contribution in [0.15, 0.2) is 42.2 Å². The Morgan fingerprint density at radius 3 is 1.88 bits per heavy atom. The SMILES string of the molecule is CCN1C(=CC=Cc2n(CC)c3cc(Cl)c(Cl)cc3[n+]2CC(C)S(=O)(=O)O)N(CC(C)S(=O)(=O)O)c2cc(Cl)c(Cl)cc21. The van der Waals surface area contributed by atoms with E-state index in [-0.39, 0.29) is 23.1 Å². The summed E-state index contributed by atoms with van der Waals surface area (Å²) in [6.45, 7) is 7.52. The number of nitrogens with zero attached hydrogens (tertiary/aromatic N) is 4. The highest BCUT2D eigenvalue weighted by Gasteiger charge is 2.34. The summed E-state index contributed by atoms with van der Waals surface area (Å²) >= 11 is 25.3. The molecule has 0 bridgehead atoms. The Bertz CT molecular complexity index is 1860. The standard InChI is InChI=1S/C27H30Cl4N4O6S2/c1-5-32-22-10-18(28)20(30)12-24(22)34(14-16(3)42(36,37)38)26(32)8-7-9-27-33(6-2)23-11-19(29)21(31)13-25(23)35(27)15-17(4)43(39,40)41/h7-13,16-17H,5-6,14-15H2,1-4H3,(H-,36,37,38,39,40,41)/p+1. The summed E-state index contributed by atoms with van der Waals surface area (Å²) in [6.07, 6.45) is 5.29. The number of anilines is 2. The molecule has 3 aromatic rings. The van der Waals surface area contributed by atoms with Crippen molar-refractivity contribution in [3.63, 3.8) is 0 Å². The van der Waals surface area contributed by atoms with Crippen LogP contribution in [-0.2, 0) is 33.3 Å². The van der Waals surface area contributed by atoms with Gasteiger partial charge in [-0.1, -0.05) is 52.5 Å². The first kappa shape index (κ1) is 33.9. The van der Waals surface area contributed by atoms with Gasteiger partial charge in [0.15, 0.2) is 11.0 Å². The van der Waals surface area contributed by atoms with Crippen LogP contribution in [-0.4, -0.2) is 54.1 Å². The van der Waals surface area contributed by atoms with Crippen LogP contribution in [0.25, 0.3) is 17.1 Å². The summed E-state index contributed by atoms with van der Waals surface area (Å²) in [5.41, 5.74) is 2.66. The molecule has 2 heterocycles. The second kappa shape index (κ2) is 12.8. The van der Waals surface area contributed by atoms with Gasteiger partial charge >= 0.3 is 0 Å². The molecule has 1 aliphatic heterocycles. The molecule has 0 spiro atoms. The zero-order valence-electron chi connectivity index (χ0n) is 23.7. The van der Waals surface area contributed by atoms with Crippen molar-refractivity contribution in [2.75, 3.05) is 22.9 Å². The Hall–Kier alpha value is -2.03. The van der Waals surface area contributed by atoms with Gasteiger partial charge in [0.05, 0.1) is 38.0 Å². The van der Waals surface area contributed by atoms with Crippen LogP contribution in [0, 0.1) is 0 Å². The van der Waals surface area contributed by atoms with Gasteiger partial charge in [-0.25, -0.2) is 9.13 Å². The van der Waals surface area contributed by atoms with Crippen molar-refractivity contribution in [3.8, 4) is 0 Å². The molecule has 2 unspecified atom stereocenters. The Morgan fingerprint density at radius 1 is 0.814 bits per heavy atom. The number of hydrogen-bond donors (Lipinski definition) is 2. The zero-order chi connectivity index (χ0) is 32.0. The van der Waals surface area contributed by atoms with Crippen LogP contribution < -0.4 is 14.4 Å². The highest BCUT2D eigenvalue weighted by molar-refractivity contribution is 7.86. The fourth-order valence-corrected chi connectivity index (χ4v) is 6.34. The lowest BCUT2D eigenvalue weighted by atomic mass is 10.2. The Morgan fingerprint density at radius 2 is 1.35 bits per heavy atom. The molecule has 16 heteroatoms. The van der Waals surface area contributed by atoms with Gasteiger partial charge in [0.2, 0.25) is 0 Å². The van der Waals surface area contributed by atoms with Crippen LogP contribution in [0.5, 0.6) is 0 Å². The smallest absolute Gasteiger partial charge is 0.282 e. The first-order chi connectivity index (χ1) is 20.0. The molecule has 0 saturated heterocycles. The number of hydrogen-bond acceptors (Lipinski definition) is 6. The van der Waals surface area contributed by atoms with E-state index in [1.807, 2.05) is 23.3 Å². The predicted molar refractivity (Wildman–Crippen MR) is 174 cm³/mol. The largest absolute Gasteiger partial charge is 0.326 e. The molecule has 0 radical (unpaired) electrons. The maximum absolute atomic E-state index is 12.0. The fourth-order valence-electron chi connectivity index (χ4n) is 5.03. The van der Waals surface area contributed by atoms with E-state index in [4.69, 9.17) is 46.4 Å². The lowest BCUT2D eigenvalue weighted by Crippen LogP contribution is -2.43. The number of allylic oxidation sites excluding steroid dienone is 2. The Kier molecular flexibility index (Phi) is 10.0. The second-order valence-electron chi connectivity index (χ2n) is 10.1. The third kappa shape index (κ3) is 6.81. The molecule has 0 fully saturated rings. The van der Waals surface area contributed by atoms with Crippen molar-refractivity contribution in [1.29, 1.82) is 0 Å². The average Bonchev–Trinajstić information content (AvgIpc) is 3.34. The van der Waals surface area contributed by atoms with Gasteiger partial charge in [0.1, 0.15) is 22.9 Å². The maximum atomic E-state index is 12.0. The van der Waals surface area contributed by atoms with Crippen molar-refractivity contribution in [1.82, 2.24) is 4.57 Å². The van der Waals surface area contributed by atoms with Gasteiger partial charge in [-0.05, 0) is 45.9 Å². The minimum atomic E-state index is -4.34. The van der Waals surface area contributed by atoms with E-state index in [0.29, 0.717) is 57.2 Å². The minimum absolute atomic E-state index is 0.0714. The maximum Gasteiger partial charge on any atom is 0.282 e. The van der Waals surface area contributed by atoms with Crippen LogP contribution in [0.2, 0.25) is 20.1 Å². The normalized spacial score (nSPS) is 16.6. The van der Waals surface area contributed by atoms with Crippen molar-refractivity contribution in [3.05, 3.63) is 68.2 Å². The van der Waals surface area contributed by atoms with E-state index in [0.717, 1.165) is 0 Å². The molecule has 1 aromatic heterocycles. The van der Waals surface area contributed by atoms with Gasteiger partial charge in [-0.3, -0.25) is 9.11 Å². The quantitative estimate of drug-likeness (QED) is 0.185. The molecule has 2 aromatic carbocycles. The molecular formula is C27H31Cl4N4O6S2+. The van der Waals surface area contributed by atoms with Gasteiger partial charge in [-0.2, -0.15) is 16.8 Å². The van der Waals surface area contributed by atoms with E-state index >= 15 is 0 Å². The van der Waals surface area contributed by atoms with Gasteiger partial charge in [0.25, 0.3) is 26.1 Å². The highest BCUT2D eigenvalue weighted by atomic mass is 35.5. The molecule has 0 saturated carbocycles. The summed E-state index contributed by atoms with van der Waals surface area (Å²) in [7, 11) is -8.69. The van der Waals surface area contributed by atoms with Crippen molar-refractivity contribution in [2.45, 2.75) is 51.3 Å². The minimum Gasteiger partial charge on any atom is -0.326 e. The topological polar surface area (TPSA) is 124 Å². The summed E-state index contributed by atoms with van der Waals surface area (Å²) in [6, 6.07) is 6.70. The van der Waals surface area contributed by atoms with E-state index in [2.05, 4.69) is 0 Å². The molecular weight excluding hydrogens is 682 g/mol. The molecule has 2 N–H and O–H groups in total. The molecule has 1 aliphatic rings. The molecule has 4 rings (SSSR count). The van der Waals surface area contributed by atoms with Crippen molar-refractivity contribution in [2.24, 2.45) is 0 Å². The van der Waals surface area contributed by atoms with E-state index in [1.54, 1.807) is 52.0 Å². The van der Waals surface area contributed by atoms with Crippen molar-refractivity contribution >= 4 is 95.1 Å². The third-order valence-corrected chi connectivity index (χ3v) is 11.1. The van der Waals surface area contributed by atoms with Crippen LogP contribution in [0.3, 0.4) is 0 Å². The van der Waals surface area contributed by atoms with E-state index in [9.17, 15) is 25.9 Å². The van der Waals surface area contributed by atoms with E-state index < -0.39 is 30.7 Å². The molecule has 0 amide bonds. The number of fused-ring (bicyclic) bond motifs is 2. The highest BCUT2D eigenvalue weighted by Crippen LogP contribution is 2.45. The lowest BCUT2D eigenvalue weighted by molar-refractivity contribution is -0.673. The van der Waals surface area contributed by atoms with Gasteiger partial charge in [0, 0.05) is 31.3 Å². The fraction of sp³-hybridized carbons (Fsp3) is 0.370. The molecule has 0 aliphatic carbocycles. The van der Waals surface area contributed by atoms with Crippen molar-refractivity contribution < 1.29 is 30.5 Å². The first-order valence-corrected chi connectivity index (χ1v) is 17.8. The van der Waals surface area contributed by atoms with Crippen LogP contribution in [0.1, 0.15) is 33.5 Å². The number of imidazole rings is 1. The summed E-state index contributed by atoms with van der Waals surface area (Å²) in [5.74, 6) is 1.20. The second-order valence-corrected chi connectivity index (χ2v) is 15.4. The average molecular weight is 714 g/mol. The van der Waals surface area contributed by atoms with Gasteiger partial charge in [-0.15, -0.1) is 0 Å². The number of halogens is 4. The monoisotopic (exact) mass is 711 g/mol. The molecule has 2 atom stereocenters. The molecule has 43 heavy (non-hydrogen) atoms. The van der Waals surface area contributed by atoms with Crippen LogP contribution in [0.4, 0.5) is 11.4 Å². The van der Waals surface area contributed by atoms with Gasteiger partial charge < -0.3 is 9.80 Å². The number of benzene rings is 2. The summed E-state index contributed by atoms with van der Waals surface area (Å²) in [4.78, 5) is 3.68. The molecule has 10 nitrogen and oxygen atoms in total. The number of rotatable bonds is 10. The lowest BCUT2D eigenvalue weighted by Gasteiger charge is -2.26. The summed E-state index contributed by atoms with van der Waals surface area (Å²) < 4.78 is 70.9. The van der Waals surface area contributed by atoms with E-state index in [1.165, 1.54) is 13.8 Å². The third-order valence-electron chi connectivity index (χ3n) is 7.32. The number of aromatic nitrogens is 2. The first-order valence-electron chi connectivity index (χ1n) is 13.3. The zero-order valence-corrected chi connectivity index (χ0v) is 28.3. The Balaban J connectivity index is 1.89. The van der Waals surface area contributed by atoms with Crippen LogP contribution >= 0.6 is 46.4 Å². The summed E-state index contributed by atoms with van der Waals surface area (Å²) in [5, 5.41) is -1.01. The predicted octanol–water partition coefficient (Wildman–Crippen LogP) is 6.32. The molecule has 234 valence electrons. The number of aryl methyl sites for hydroxylation is 1. The Labute approximate surface area is 271 Å².